The molecular formula is C10H12ClN. The minimum Gasteiger partial charge on any atom is -0.318 e. The summed E-state index contributed by atoms with van der Waals surface area (Å²) in [6.07, 6.45) is 0. The fourth-order valence-electron chi connectivity index (χ4n) is 0.719. The van der Waals surface area contributed by atoms with Gasteiger partial charge < -0.3 is 5.73 Å². The first kappa shape index (κ1) is 11.0. The van der Waals surface area contributed by atoms with E-state index in [4.69, 9.17) is 5.73 Å². The van der Waals surface area contributed by atoms with Crippen molar-refractivity contribution in [2.24, 2.45) is 5.73 Å². The zero-order chi connectivity index (χ0) is 8.10. The van der Waals surface area contributed by atoms with Gasteiger partial charge in [0.15, 0.2) is 0 Å². The van der Waals surface area contributed by atoms with E-state index >= 15 is 0 Å². The Morgan fingerprint density at radius 3 is 2.33 bits per heavy atom. The second-order valence-electron chi connectivity index (χ2n) is 2.42. The van der Waals surface area contributed by atoms with Gasteiger partial charge in [-0.2, -0.15) is 0 Å². The summed E-state index contributed by atoms with van der Waals surface area (Å²) < 4.78 is 0. The molecule has 0 amide bonds. The van der Waals surface area contributed by atoms with E-state index in [9.17, 15) is 0 Å². The van der Waals surface area contributed by atoms with E-state index in [2.05, 4.69) is 11.8 Å². The molecule has 64 valence electrons. The van der Waals surface area contributed by atoms with E-state index in [1.54, 1.807) is 0 Å². The summed E-state index contributed by atoms with van der Waals surface area (Å²) in [5, 5.41) is 0. The van der Waals surface area contributed by atoms with Gasteiger partial charge in [-0.1, -0.05) is 30.0 Å². The van der Waals surface area contributed by atoms with Crippen LogP contribution >= 0.6 is 12.4 Å². The number of hydrogen-bond donors (Lipinski definition) is 1. The molecule has 0 radical (unpaired) electrons. The molecule has 1 aromatic rings. The van der Waals surface area contributed by atoms with Gasteiger partial charge in [-0.15, -0.1) is 12.4 Å². The van der Waals surface area contributed by atoms with Crippen molar-refractivity contribution in [1.29, 1.82) is 0 Å². The fraction of sp³-hybridized carbons (Fsp3) is 0.200. The molecule has 0 saturated heterocycles. The number of benzene rings is 1. The average Bonchev–Trinajstić information content (AvgIpc) is 2.03. The highest BCUT2D eigenvalue weighted by molar-refractivity contribution is 5.85. The van der Waals surface area contributed by atoms with Crippen LogP contribution < -0.4 is 5.73 Å². The van der Waals surface area contributed by atoms with E-state index in [1.807, 2.05) is 37.3 Å². The second-order valence-corrected chi connectivity index (χ2v) is 2.42. The summed E-state index contributed by atoms with van der Waals surface area (Å²) in [4.78, 5) is 0. The third kappa shape index (κ3) is 4.02. The molecule has 0 aliphatic carbocycles. The van der Waals surface area contributed by atoms with Gasteiger partial charge in [-0.3, -0.25) is 0 Å². The normalized spacial score (nSPS) is 10.5. The van der Waals surface area contributed by atoms with Gasteiger partial charge in [-0.25, -0.2) is 0 Å². The Morgan fingerprint density at radius 2 is 1.83 bits per heavy atom. The van der Waals surface area contributed by atoms with E-state index < -0.39 is 0 Å². The molecule has 1 rings (SSSR count). The van der Waals surface area contributed by atoms with Gasteiger partial charge in [0.25, 0.3) is 0 Å². The molecule has 12 heavy (non-hydrogen) atoms. The molecule has 1 nitrogen and oxygen atoms in total. The molecule has 0 spiro atoms. The topological polar surface area (TPSA) is 26.0 Å². The summed E-state index contributed by atoms with van der Waals surface area (Å²) >= 11 is 0. The lowest BCUT2D eigenvalue weighted by molar-refractivity contribution is 0.959. The van der Waals surface area contributed by atoms with E-state index in [0.29, 0.717) is 0 Å². The first-order chi connectivity index (χ1) is 5.29. The van der Waals surface area contributed by atoms with Gasteiger partial charge in [0.1, 0.15) is 0 Å². The van der Waals surface area contributed by atoms with Crippen LogP contribution in [0.4, 0.5) is 0 Å². The van der Waals surface area contributed by atoms with E-state index in [0.717, 1.165) is 5.56 Å². The number of nitrogens with two attached hydrogens (primary N) is 1. The maximum atomic E-state index is 5.47. The molecule has 2 heteroatoms. The molecule has 1 aromatic carbocycles. The van der Waals surface area contributed by atoms with Gasteiger partial charge in [0, 0.05) is 5.56 Å². The minimum atomic E-state index is -0.0461. The lowest BCUT2D eigenvalue weighted by Crippen LogP contribution is -2.10. The van der Waals surface area contributed by atoms with Crippen molar-refractivity contribution in [3.8, 4) is 11.8 Å². The highest BCUT2D eigenvalue weighted by Crippen LogP contribution is 1.94. The molecule has 0 bridgehead atoms. The highest BCUT2D eigenvalue weighted by Gasteiger charge is 1.83. The van der Waals surface area contributed by atoms with Crippen molar-refractivity contribution in [2.45, 2.75) is 13.0 Å². The van der Waals surface area contributed by atoms with Crippen molar-refractivity contribution in [3.63, 3.8) is 0 Å². The predicted octanol–water partition coefficient (Wildman–Crippen LogP) is 1.81. The summed E-state index contributed by atoms with van der Waals surface area (Å²) in [7, 11) is 0. The zero-order valence-corrected chi connectivity index (χ0v) is 7.77. The number of rotatable bonds is 0. The van der Waals surface area contributed by atoms with Gasteiger partial charge in [-0.05, 0) is 19.1 Å². The highest BCUT2D eigenvalue weighted by atomic mass is 35.5. The lowest BCUT2D eigenvalue weighted by Gasteiger charge is -1.89. The van der Waals surface area contributed by atoms with Crippen molar-refractivity contribution in [1.82, 2.24) is 0 Å². The third-order valence-corrected chi connectivity index (χ3v) is 1.22. The van der Waals surface area contributed by atoms with Crippen LogP contribution in [0.3, 0.4) is 0 Å². The molecular weight excluding hydrogens is 170 g/mol. The first-order valence-electron chi connectivity index (χ1n) is 3.61. The molecule has 0 saturated carbocycles. The Kier molecular flexibility index (Phi) is 5.19. The molecule has 0 heterocycles. The van der Waals surface area contributed by atoms with Crippen LogP contribution in [0.5, 0.6) is 0 Å². The molecule has 0 fully saturated rings. The summed E-state index contributed by atoms with van der Waals surface area (Å²) in [5.74, 6) is 5.86. The second kappa shape index (κ2) is 5.65. The van der Waals surface area contributed by atoms with Crippen LogP contribution in [-0.2, 0) is 0 Å². The SMILES string of the molecule is CC(N)C#Cc1ccccc1.Cl. The van der Waals surface area contributed by atoms with Crippen LogP contribution in [0.1, 0.15) is 12.5 Å². The van der Waals surface area contributed by atoms with Crippen LogP contribution in [0.15, 0.2) is 30.3 Å². The summed E-state index contributed by atoms with van der Waals surface area (Å²) in [6, 6.07) is 9.79. The molecule has 1 unspecified atom stereocenters. The van der Waals surface area contributed by atoms with Crippen LogP contribution in [0, 0.1) is 11.8 Å². The van der Waals surface area contributed by atoms with Crippen molar-refractivity contribution in [2.75, 3.05) is 0 Å². The maximum absolute atomic E-state index is 5.47. The maximum Gasteiger partial charge on any atom is 0.0639 e. The molecule has 0 aliphatic heterocycles. The zero-order valence-electron chi connectivity index (χ0n) is 6.95. The summed E-state index contributed by atoms with van der Waals surface area (Å²) in [6.45, 7) is 1.87. The van der Waals surface area contributed by atoms with Crippen LogP contribution in [-0.4, -0.2) is 6.04 Å². The predicted molar refractivity (Wildman–Crippen MR) is 54.2 cm³/mol. The van der Waals surface area contributed by atoms with Gasteiger partial charge in [0.05, 0.1) is 6.04 Å². The van der Waals surface area contributed by atoms with Crippen molar-refractivity contribution in [3.05, 3.63) is 35.9 Å². The Hall–Kier alpha value is -0.970. The molecule has 0 aliphatic rings. The quantitative estimate of drug-likeness (QED) is 0.607. The molecule has 1 atom stereocenters. The lowest BCUT2D eigenvalue weighted by atomic mass is 10.2. The number of halogens is 1. The van der Waals surface area contributed by atoms with E-state index in [1.165, 1.54) is 0 Å². The van der Waals surface area contributed by atoms with Crippen LogP contribution in [0.2, 0.25) is 0 Å². The monoisotopic (exact) mass is 181 g/mol. The fourth-order valence-corrected chi connectivity index (χ4v) is 0.719. The van der Waals surface area contributed by atoms with Crippen LogP contribution in [0.25, 0.3) is 0 Å². The Labute approximate surface area is 79.4 Å². The van der Waals surface area contributed by atoms with Gasteiger partial charge in [0.2, 0.25) is 0 Å². The molecule has 2 N–H and O–H groups in total. The van der Waals surface area contributed by atoms with Gasteiger partial charge >= 0.3 is 0 Å². The number of hydrogen-bond acceptors (Lipinski definition) is 1. The summed E-state index contributed by atoms with van der Waals surface area (Å²) in [5.41, 5.74) is 6.48. The Morgan fingerprint density at radius 1 is 1.25 bits per heavy atom. The largest absolute Gasteiger partial charge is 0.318 e. The van der Waals surface area contributed by atoms with E-state index in [-0.39, 0.29) is 18.4 Å². The Bertz CT molecular complexity index is 269. The standard InChI is InChI=1S/C10H11N.ClH/c1-9(11)7-8-10-5-3-2-4-6-10;/h2-6,9H,11H2,1H3;1H. The Balaban J connectivity index is 0.00000121. The smallest absolute Gasteiger partial charge is 0.0639 e. The van der Waals surface area contributed by atoms with Crippen molar-refractivity contribution >= 4 is 12.4 Å². The first-order valence-corrected chi connectivity index (χ1v) is 3.61. The average molecular weight is 182 g/mol. The molecule has 0 aromatic heterocycles. The van der Waals surface area contributed by atoms with Crippen molar-refractivity contribution < 1.29 is 0 Å². The minimum absolute atomic E-state index is 0. The third-order valence-electron chi connectivity index (χ3n) is 1.22.